The van der Waals surface area contributed by atoms with Crippen LogP contribution in [0.5, 0.6) is 0 Å². The van der Waals surface area contributed by atoms with Gasteiger partial charge in [-0.1, -0.05) is 36.8 Å². The minimum atomic E-state index is -2.48. The lowest BCUT2D eigenvalue weighted by Gasteiger charge is -2.23. The van der Waals surface area contributed by atoms with Crippen molar-refractivity contribution in [2.24, 2.45) is 0 Å². The van der Waals surface area contributed by atoms with Gasteiger partial charge in [0.25, 0.3) is 0 Å². The van der Waals surface area contributed by atoms with Gasteiger partial charge in [0.1, 0.15) is 0 Å². The van der Waals surface area contributed by atoms with E-state index in [0.717, 1.165) is 12.8 Å². The van der Waals surface area contributed by atoms with Gasteiger partial charge in [0.05, 0.1) is 6.61 Å². The van der Waals surface area contributed by atoms with E-state index in [-0.39, 0.29) is 5.66 Å². The second kappa shape index (κ2) is 6.37. The second-order valence-corrected chi connectivity index (χ2v) is 7.39. The first-order valence-electron chi connectivity index (χ1n) is 6.26. The van der Waals surface area contributed by atoms with Crippen LogP contribution < -0.4 is 0 Å². The van der Waals surface area contributed by atoms with Gasteiger partial charge in [-0.05, 0) is 32.3 Å². The lowest BCUT2D eigenvalue weighted by Crippen LogP contribution is -2.12. The molecule has 2 atom stereocenters. The quantitative estimate of drug-likeness (QED) is 0.709. The lowest BCUT2D eigenvalue weighted by molar-refractivity contribution is 0.328. The van der Waals surface area contributed by atoms with Crippen LogP contribution in [0.2, 0.25) is 0 Å². The summed E-state index contributed by atoms with van der Waals surface area (Å²) < 4.78 is 17.9. The molecule has 0 fully saturated rings. The molecule has 0 radical (unpaired) electrons. The third kappa shape index (κ3) is 4.29. The summed E-state index contributed by atoms with van der Waals surface area (Å²) in [5, 5.41) is 0. The summed E-state index contributed by atoms with van der Waals surface area (Å²) in [7, 11) is -2.48. The van der Waals surface area contributed by atoms with E-state index < -0.39 is 7.37 Å². The molecule has 0 spiro atoms. The molecule has 1 rings (SSSR count). The van der Waals surface area contributed by atoms with Crippen LogP contribution in [0.15, 0.2) is 24.3 Å². The topological polar surface area (TPSA) is 26.3 Å². The zero-order valence-corrected chi connectivity index (χ0v) is 12.2. The van der Waals surface area contributed by atoms with Gasteiger partial charge in [0, 0.05) is 12.3 Å². The average molecular weight is 254 g/mol. The molecule has 17 heavy (non-hydrogen) atoms. The maximum absolute atomic E-state index is 12.4. The van der Waals surface area contributed by atoms with E-state index in [2.05, 4.69) is 38.1 Å². The van der Waals surface area contributed by atoms with Crippen LogP contribution in [-0.2, 0) is 15.5 Å². The molecular formula is C14H23O2P. The van der Waals surface area contributed by atoms with E-state index in [4.69, 9.17) is 4.52 Å². The summed E-state index contributed by atoms with van der Waals surface area (Å²) in [6.07, 6.45) is 1.73. The SMILES string of the molecule is CCOP(C)(=O)[C@@H](CC)Cc1cccc(C)c1. The van der Waals surface area contributed by atoms with Crippen molar-refractivity contribution < 1.29 is 9.09 Å². The Bertz CT molecular complexity index is 401. The number of hydrogen-bond acceptors (Lipinski definition) is 2. The minimum Gasteiger partial charge on any atom is -0.329 e. The van der Waals surface area contributed by atoms with Gasteiger partial charge in [0.2, 0.25) is 7.37 Å². The first-order chi connectivity index (χ1) is 7.99. The Morgan fingerprint density at radius 2 is 2.06 bits per heavy atom. The molecule has 2 nitrogen and oxygen atoms in total. The van der Waals surface area contributed by atoms with Crippen molar-refractivity contribution in [3.63, 3.8) is 0 Å². The molecule has 1 aromatic rings. The van der Waals surface area contributed by atoms with E-state index in [9.17, 15) is 4.57 Å². The van der Waals surface area contributed by atoms with Crippen LogP contribution in [0.3, 0.4) is 0 Å². The zero-order valence-electron chi connectivity index (χ0n) is 11.3. The van der Waals surface area contributed by atoms with Gasteiger partial charge in [-0.2, -0.15) is 0 Å². The normalized spacial score (nSPS) is 16.5. The molecule has 0 saturated carbocycles. The van der Waals surface area contributed by atoms with Gasteiger partial charge in [-0.25, -0.2) is 0 Å². The highest BCUT2D eigenvalue weighted by Gasteiger charge is 2.27. The summed E-state index contributed by atoms with van der Waals surface area (Å²) in [5.74, 6) is 0. The van der Waals surface area contributed by atoms with Crippen molar-refractivity contribution in [2.45, 2.75) is 39.3 Å². The molecule has 1 unspecified atom stereocenters. The van der Waals surface area contributed by atoms with E-state index in [0.29, 0.717) is 6.61 Å². The van der Waals surface area contributed by atoms with Crippen LogP contribution in [0, 0.1) is 6.92 Å². The lowest BCUT2D eigenvalue weighted by atomic mass is 10.1. The largest absolute Gasteiger partial charge is 0.329 e. The minimum absolute atomic E-state index is 0.129. The molecule has 0 aromatic heterocycles. The molecule has 0 aliphatic heterocycles. The van der Waals surface area contributed by atoms with Crippen molar-refractivity contribution in [2.75, 3.05) is 13.3 Å². The molecule has 0 aliphatic rings. The smallest absolute Gasteiger partial charge is 0.203 e. The van der Waals surface area contributed by atoms with Crippen molar-refractivity contribution in [3.05, 3.63) is 35.4 Å². The van der Waals surface area contributed by atoms with E-state index >= 15 is 0 Å². The summed E-state index contributed by atoms with van der Waals surface area (Å²) in [4.78, 5) is 0. The Labute approximate surface area is 105 Å². The highest BCUT2D eigenvalue weighted by Crippen LogP contribution is 2.50. The number of benzene rings is 1. The molecule has 96 valence electrons. The fraction of sp³-hybridized carbons (Fsp3) is 0.571. The van der Waals surface area contributed by atoms with Crippen molar-refractivity contribution in [1.29, 1.82) is 0 Å². The average Bonchev–Trinajstić information content (AvgIpc) is 2.25. The Morgan fingerprint density at radius 1 is 1.35 bits per heavy atom. The third-order valence-electron chi connectivity index (χ3n) is 3.07. The molecule has 0 heterocycles. The monoisotopic (exact) mass is 254 g/mol. The van der Waals surface area contributed by atoms with Crippen molar-refractivity contribution >= 4 is 7.37 Å². The molecule has 0 N–H and O–H groups in total. The fourth-order valence-electron chi connectivity index (χ4n) is 2.11. The van der Waals surface area contributed by atoms with Crippen LogP contribution >= 0.6 is 7.37 Å². The van der Waals surface area contributed by atoms with Crippen LogP contribution in [0.1, 0.15) is 31.4 Å². The Morgan fingerprint density at radius 3 is 2.59 bits per heavy atom. The Hall–Kier alpha value is -0.590. The van der Waals surface area contributed by atoms with Gasteiger partial charge in [0.15, 0.2) is 0 Å². The summed E-state index contributed by atoms with van der Waals surface area (Å²) in [6, 6.07) is 8.40. The molecule has 0 amide bonds. The van der Waals surface area contributed by atoms with Crippen LogP contribution in [-0.4, -0.2) is 18.9 Å². The van der Waals surface area contributed by atoms with Gasteiger partial charge < -0.3 is 4.52 Å². The molecular weight excluding hydrogens is 231 g/mol. The standard InChI is InChI=1S/C14H23O2P/c1-5-14(17(4,15)16-6-2)11-13-9-7-8-12(3)10-13/h7-10,14H,5-6,11H2,1-4H3/t14-,17?/m0/s1. The van der Waals surface area contributed by atoms with Gasteiger partial charge >= 0.3 is 0 Å². The summed E-state index contributed by atoms with van der Waals surface area (Å²) >= 11 is 0. The van der Waals surface area contributed by atoms with Crippen LogP contribution in [0.4, 0.5) is 0 Å². The highest BCUT2D eigenvalue weighted by molar-refractivity contribution is 7.58. The molecule has 1 aromatic carbocycles. The van der Waals surface area contributed by atoms with E-state index in [1.807, 2.05) is 6.92 Å². The molecule has 0 bridgehead atoms. The summed E-state index contributed by atoms with van der Waals surface area (Å²) in [5.41, 5.74) is 2.63. The first-order valence-corrected chi connectivity index (χ1v) is 8.41. The fourth-order valence-corrected chi connectivity index (χ4v) is 4.04. The van der Waals surface area contributed by atoms with Gasteiger partial charge in [-0.3, -0.25) is 4.57 Å². The zero-order chi connectivity index (χ0) is 12.9. The highest BCUT2D eigenvalue weighted by atomic mass is 31.2. The molecule has 0 saturated heterocycles. The maximum atomic E-state index is 12.4. The van der Waals surface area contributed by atoms with Crippen molar-refractivity contribution in [3.8, 4) is 0 Å². The number of rotatable bonds is 6. The predicted octanol–water partition coefficient (Wildman–Crippen LogP) is 4.26. The van der Waals surface area contributed by atoms with Crippen molar-refractivity contribution in [1.82, 2.24) is 0 Å². The maximum Gasteiger partial charge on any atom is 0.203 e. The van der Waals surface area contributed by atoms with Crippen LogP contribution in [0.25, 0.3) is 0 Å². The van der Waals surface area contributed by atoms with E-state index in [1.54, 1.807) is 6.66 Å². The summed E-state index contributed by atoms with van der Waals surface area (Å²) in [6.45, 7) is 8.35. The predicted molar refractivity (Wildman–Crippen MR) is 74.1 cm³/mol. The van der Waals surface area contributed by atoms with E-state index in [1.165, 1.54) is 11.1 Å². The Balaban J connectivity index is 2.80. The number of hydrogen-bond donors (Lipinski definition) is 0. The number of aryl methyl sites for hydroxylation is 1. The molecule has 3 heteroatoms. The second-order valence-electron chi connectivity index (χ2n) is 4.58. The third-order valence-corrected chi connectivity index (χ3v) is 5.72. The molecule has 0 aliphatic carbocycles. The first kappa shape index (κ1) is 14.5. The Kier molecular flexibility index (Phi) is 5.42. The van der Waals surface area contributed by atoms with Gasteiger partial charge in [-0.15, -0.1) is 0 Å².